The van der Waals surface area contributed by atoms with E-state index in [0.29, 0.717) is 11.4 Å². The van der Waals surface area contributed by atoms with Gasteiger partial charge >= 0.3 is 0 Å². The first-order valence-corrected chi connectivity index (χ1v) is 10.8. The third-order valence-corrected chi connectivity index (χ3v) is 7.19. The van der Waals surface area contributed by atoms with Crippen LogP contribution in [-0.2, 0) is 10.0 Å². The first-order chi connectivity index (χ1) is 13.5. The van der Waals surface area contributed by atoms with Crippen LogP contribution in [0.2, 0.25) is 0 Å². The molecule has 1 fully saturated rings. The molecule has 2 atom stereocenters. The van der Waals surface area contributed by atoms with Crippen molar-refractivity contribution in [1.29, 1.82) is 0 Å². The van der Waals surface area contributed by atoms with Crippen LogP contribution >= 0.6 is 0 Å². The maximum atomic E-state index is 13.5. The zero-order chi connectivity index (χ0) is 19.7. The largest absolute Gasteiger partial charge is 0.243 e. The smallest absolute Gasteiger partial charge is 0.207 e. The van der Waals surface area contributed by atoms with Crippen LogP contribution in [0.1, 0.15) is 28.7 Å². The number of hydrogen-bond acceptors (Lipinski definition) is 2. The minimum absolute atomic E-state index is 0.0798. The standard InChI is InChI=1S/C24H23NO2S/c1-18-13-15-22(16-14-18)28(26,27)25-17-19(2)23(20-9-5-3-6-10-20)24(25)21-11-7-4-8-12-21/h3-16,23-24H,2,17H2,1H3/t23-,24+/m1/s1. The monoisotopic (exact) mass is 389 g/mol. The third-order valence-electron chi connectivity index (χ3n) is 5.35. The molecule has 0 bridgehead atoms. The molecule has 1 saturated heterocycles. The Morgan fingerprint density at radius 3 is 1.93 bits per heavy atom. The molecule has 4 heteroatoms. The maximum absolute atomic E-state index is 13.5. The Morgan fingerprint density at radius 1 is 0.821 bits per heavy atom. The van der Waals surface area contributed by atoms with Gasteiger partial charge in [0.2, 0.25) is 10.0 Å². The molecule has 1 aliphatic rings. The SMILES string of the molecule is C=C1CN(S(=O)(=O)c2ccc(C)cc2)[C@@H](c2ccccc2)[C@H]1c1ccccc1. The van der Waals surface area contributed by atoms with Crippen molar-refractivity contribution in [3.63, 3.8) is 0 Å². The van der Waals surface area contributed by atoms with Crippen molar-refractivity contribution in [2.45, 2.75) is 23.8 Å². The Morgan fingerprint density at radius 2 is 1.36 bits per heavy atom. The summed E-state index contributed by atoms with van der Waals surface area (Å²) in [6.07, 6.45) is 0. The fourth-order valence-electron chi connectivity index (χ4n) is 3.95. The van der Waals surface area contributed by atoms with E-state index >= 15 is 0 Å². The van der Waals surface area contributed by atoms with E-state index in [1.807, 2.05) is 79.7 Å². The lowest BCUT2D eigenvalue weighted by atomic mass is 9.86. The summed E-state index contributed by atoms with van der Waals surface area (Å²) in [5, 5.41) is 0. The molecule has 0 amide bonds. The van der Waals surface area contributed by atoms with E-state index in [1.54, 1.807) is 16.4 Å². The molecular weight excluding hydrogens is 366 g/mol. The highest BCUT2D eigenvalue weighted by Crippen LogP contribution is 2.48. The highest BCUT2D eigenvalue weighted by molar-refractivity contribution is 7.89. The van der Waals surface area contributed by atoms with E-state index in [0.717, 1.165) is 22.3 Å². The van der Waals surface area contributed by atoms with Gasteiger partial charge in [0.1, 0.15) is 0 Å². The summed E-state index contributed by atoms with van der Waals surface area (Å²) >= 11 is 0. The van der Waals surface area contributed by atoms with Gasteiger partial charge in [0.15, 0.2) is 0 Å². The van der Waals surface area contributed by atoms with Crippen molar-refractivity contribution in [2.24, 2.45) is 0 Å². The van der Waals surface area contributed by atoms with E-state index in [1.165, 1.54) is 0 Å². The molecule has 0 N–H and O–H groups in total. The minimum Gasteiger partial charge on any atom is -0.207 e. The zero-order valence-corrected chi connectivity index (χ0v) is 16.6. The van der Waals surface area contributed by atoms with E-state index in [-0.39, 0.29) is 12.0 Å². The maximum Gasteiger partial charge on any atom is 0.243 e. The number of hydrogen-bond donors (Lipinski definition) is 0. The molecule has 1 heterocycles. The van der Waals surface area contributed by atoms with Gasteiger partial charge in [-0.15, -0.1) is 0 Å². The number of sulfonamides is 1. The number of aryl methyl sites for hydroxylation is 1. The number of benzene rings is 3. The molecule has 0 aliphatic carbocycles. The normalized spacial score (nSPS) is 20.4. The van der Waals surface area contributed by atoms with Crippen LogP contribution < -0.4 is 0 Å². The van der Waals surface area contributed by atoms with Gasteiger partial charge in [0.05, 0.1) is 10.9 Å². The summed E-state index contributed by atoms with van der Waals surface area (Å²) in [5.74, 6) is -0.0798. The Kier molecular flexibility index (Phi) is 4.92. The second-order valence-corrected chi connectivity index (χ2v) is 9.16. The lowest BCUT2D eigenvalue weighted by Crippen LogP contribution is -2.32. The molecule has 0 unspecified atom stereocenters. The molecule has 0 aromatic heterocycles. The van der Waals surface area contributed by atoms with Gasteiger partial charge in [0, 0.05) is 12.5 Å². The lowest BCUT2D eigenvalue weighted by molar-refractivity contribution is 0.380. The molecule has 3 aromatic rings. The Bertz CT molecular complexity index is 1070. The Labute approximate surface area is 167 Å². The molecule has 0 spiro atoms. The summed E-state index contributed by atoms with van der Waals surface area (Å²) in [6.45, 7) is 6.52. The van der Waals surface area contributed by atoms with Gasteiger partial charge in [-0.1, -0.05) is 90.5 Å². The number of nitrogens with zero attached hydrogens (tertiary/aromatic N) is 1. The summed E-state index contributed by atoms with van der Waals surface area (Å²) in [5.41, 5.74) is 4.01. The van der Waals surface area contributed by atoms with Crippen LogP contribution in [-0.4, -0.2) is 19.3 Å². The molecule has 1 aliphatic heterocycles. The number of rotatable bonds is 4. The summed E-state index contributed by atoms with van der Waals surface area (Å²) < 4.78 is 28.7. The molecular formula is C24H23NO2S. The van der Waals surface area contributed by atoms with Crippen molar-refractivity contribution in [1.82, 2.24) is 4.31 Å². The van der Waals surface area contributed by atoms with Crippen molar-refractivity contribution in [2.75, 3.05) is 6.54 Å². The first kappa shape index (κ1) is 18.7. The van der Waals surface area contributed by atoms with Crippen molar-refractivity contribution >= 4 is 10.0 Å². The predicted octanol–water partition coefficient (Wildman–Crippen LogP) is 5.08. The lowest BCUT2D eigenvalue weighted by Gasteiger charge is -2.28. The molecule has 0 radical (unpaired) electrons. The van der Waals surface area contributed by atoms with Crippen molar-refractivity contribution < 1.29 is 8.42 Å². The second-order valence-electron chi connectivity index (χ2n) is 7.27. The fraction of sp³-hybridized carbons (Fsp3) is 0.167. The average Bonchev–Trinajstić information content (AvgIpc) is 3.07. The van der Waals surface area contributed by atoms with Crippen LogP contribution in [0.5, 0.6) is 0 Å². The average molecular weight is 390 g/mol. The van der Waals surface area contributed by atoms with Gasteiger partial charge < -0.3 is 0 Å². The highest BCUT2D eigenvalue weighted by Gasteiger charge is 2.45. The summed E-state index contributed by atoms with van der Waals surface area (Å²) in [4.78, 5) is 0.320. The molecule has 28 heavy (non-hydrogen) atoms. The van der Waals surface area contributed by atoms with Crippen LogP contribution in [0, 0.1) is 6.92 Å². The van der Waals surface area contributed by atoms with E-state index in [9.17, 15) is 8.42 Å². The Hall–Kier alpha value is -2.69. The quantitative estimate of drug-likeness (QED) is 0.584. The van der Waals surface area contributed by atoms with E-state index in [4.69, 9.17) is 0 Å². The second kappa shape index (κ2) is 7.38. The van der Waals surface area contributed by atoms with Gasteiger partial charge in [-0.2, -0.15) is 4.31 Å². The van der Waals surface area contributed by atoms with Gasteiger partial charge in [-0.25, -0.2) is 8.42 Å². The van der Waals surface area contributed by atoms with Crippen LogP contribution in [0.25, 0.3) is 0 Å². The van der Waals surface area contributed by atoms with E-state index in [2.05, 4.69) is 6.58 Å². The molecule has 0 saturated carbocycles. The molecule has 3 aromatic carbocycles. The zero-order valence-electron chi connectivity index (χ0n) is 15.8. The predicted molar refractivity (Wildman–Crippen MR) is 113 cm³/mol. The minimum atomic E-state index is -3.65. The van der Waals surface area contributed by atoms with Crippen LogP contribution in [0.4, 0.5) is 0 Å². The fourth-order valence-corrected chi connectivity index (χ4v) is 5.58. The summed E-state index contributed by atoms with van der Waals surface area (Å²) in [7, 11) is -3.65. The topological polar surface area (TPSA) is 37.4 Å². The van der Waals surface area contributed by atoms with Crippen LogP contribution in [0.3, 0.4) is 0 Å². The summed E-state index contributed by atoms with van der Waals surface area (Å²) in [6, 6.07) is 26.6. The van der Waals surface area contributed by atoms with Crippen LogP contribution in [0.15, 0.2) is 102 Å². The molecule has 4 rings (SSSR count). The van der Waals surface area contributed by atoms with Gasteiger partial charge in [-0.3, -0.25) is 0 Å². The molecule has 142 valence electrons. The van der Waals surface area contributed by atoms with Crippen molar-refractivity contribution in [3.8, 4) is 0 Å². The van der Waals surface area contributed by atoms with Crippen molar-refractivity contribution in [3.05, 3.63) is 114 Å². The van der Waals surface area contributed by atoms with E-state index < -0.39 is 10.0 Å². The van der Waals surface area contributed by atoms with Gasteiger partial charge in [-0.05, 0) is 30.2 Å². The third kappa shape index (κ3) is 3.30. The highest BCUT2D eigenvalue weighted by atomic mass is 32.2. The molecule has 3 nitrogen and oxygen atoms in total. The van der Waals surface area contributed by atoms with Gasteiger partial charge in [0.25, 0.3) is 0 Å². The first-order valence-electron chi connectivity index (χ1n) is 9.34. The Balaban J connectivity index is 1.84.